The van der Waals surface area contributed by atoms with E-state index >= 15 is 0 Å². The maximum Gasteiger partial charge on any atom is 0.255 e. The van der Waals surface area contributed by atoms with Gasteiger partial charge in [-0.15, -0.1) is 0 Å². The average Bonchev–Trinajstić information content (AvgIpc) is 2.94. The lowest BCUT2D eigenvalue weighted by Gasteiger charge is -2.22. The molecule has 122 valence electrons. The summed E-state index contributed by atoms with van der Waals surface area (Å²) in [5.41, 5.74) is 1.61. The van der Waals surface area contributed by atoms with Gasteiger partial charge in [0.2, 0.25) is 5.56 Å². The molecule has 1 saturated heterocycles. The minimum Gasteiger partial charge on any atom is -0.472 e. The van der Waals surface area contributed by atoms with Crippen LogP contribution in [-0.4, -0.2) is 46.5 Å². The number of hydrogen-bond donors (Lipinski definition) is 0. The van der Waals surface area contributed by atoms with Crippen LogP contribution >= 0.6 is 0 Å². The summed E-state index contributed by atoms with van der Waals surface area (Å²) in [6.45, 7) is 4.08. The first-order valence-electron chi connectivity index (χ1n) is 7.83. The molecule has 0 atom stereocenters. The summed E-state index contributed by atoms with van der Waals surface area (Å²) in [5.74, 6) is -0.00855. The van der Waals surface area contributed by atoms with E-state index in [-0.39, 0.29) is 11.5 Å². The van der Waals surface area contributed by atoms with E-state index < -0.39 is 0 Å². The van der Waals surface area contributed by atoms with E-state index in [0.717, 1.165) is 38.2 Å². The fourth-order valence-corrected chi connectivity index (χ4v) is 2.88. The third-order valence-corrected chi connectivity index (χ3v) is 4.19. The van der Waals surface area contributed by atoms with Crippen molar-refractivity contribution in [2.24, 2.45) is 7.05 Å². The summed E-state index contributed by atoms with van der Waals surface area (Å²) in [6, 6.07) is 5.02. The maximum atomic E-state index is 12.6. The van der Waals surface area contributed by atoms with Crippen molar-refractivity contribution in [2.75, 3.05) is 26.2 Å². The second-order valence-corrected chi connectivity index (χ2v) is 5.92. The summed E-state index contributed by atoms with van der Waals surface area (Å²) in [7, 11) is 1.66. The van der Waals surface area contributed by atoms with Crippen molar-refractivity contribution < 1.29 is 9.21 Å². The molecule has 1 amide bonds. The molecule has 0 saturated carbocycles. The molecule has 1 fully saturated rings. The van der Waals surface area contributed by atoms with Crippen molar-refractivity contribution in [3.8, 4) is 0 Å². The van der Waals surface area contributed by atoms with Crippen LogP contribution in [0.4, 0.5) is 0 Å². The van der Waals surface area contributed by atoms with Gasteiger partial charge in [0.25, 0.3) is 5.91 Å². The molecule has 0 aromatic carbocycles. The smallest absolute Gasteiger partial charge is 0.255 e. The first kappa shape index (κ1) is 15.6. The zero-order chi connectivity index (χ0) is 16.2. The van der Waals surface area contributed by atoms with Crippen molar-refractivity contribution in [1.29, 1.82) is 0 Å². The maximum absolute atomic E-state index is 12.6. The summed E-state index contributed by atoms with van der Waals surface area (Å²) in [5, 5.41) is 0. The minimum atomic E-state index is -0.108. The number of nitrogens with zero attached hydrogens (tertiary/aromatic N) is 3. The van der Waals surface area contributed by atoms with Crippen molar-refractivity contribution in [3.05, 3.63) is 58.4 Å². The van der Waals surface area contributed by atoms with Crippen LogP contribution in [0.3, 0.4) is 0 Å². The number of carbonyl (C=O) groups excluding carboxylic acids is 1. The van der Waals surface area contributed by atoms with Crippen molar-refractivity contribution >= 4 is 5.91 Å². The van der Waals surface area contributed by atoms with Gasteiger partial charge in [-0.2, -0.15) is 0 Å². The highest BCUT2D eigenvalue weighted by molar-refractivity contribution is 5.93. The van der Waals surface area contributed by atoms with Gasteiger partial charge in [-0.1, -0.05) is 0 Å². The quantitative estimate of drug-likeness (QED) is 0.857. The number of aryl methyl sites for hydroxylation is 1. The standard InChI is InChI=1S/C17H21N3O3/c1-18-12-15(3-4-16(18)21)17(22)20-7-2-6-19(8-9-20)11-14-5-10-23-13-14/h3-5,10,12-13H,2,6-9,11H2,1H3. The highest BCUT2D eigenvalue weighted by Crippen LogP contribution is 2.11. The van der Waals surface area contributed by atoms with Crippen LogP contribution in [0.15, 0.2) is 46.1 Å². The van der Waals surface area contributed by atoms with E-state index in [9.17, 15) is 9.59 Å². The van der Waals surface area contributed by atoms with E-state index in [1.807, 2.05) is 11.0 Å². The Labute approximate surface area is 134 Å². The highest BCUT2D eigenvalue weighted by atomic mass is 16.3. The molecule has 6 heteroatoms. The molecule has 2 aromatic heterocycles. The molecule has 0 bridgehead atoms. The van der Waals surface area contributed by atoms with Gasteiger partial charge in [-0.3, -0.25) is 14.5 Å². The van der Waals surface area contributed by atoms with Crippen LogP contribution < -0.4 is 5.56 Å². The van der Waals surface area contributed by atoms with Crippen LogP contribution in [-0.2, 0) is 13.6 Å². The number of furan rings is 1. The molecule has 6 nitrogen and oxygen atoms in total. The van der Waals surface area contributed by atoms with Gasteiger partial charge < -0.3 is 13.9 Å². The molecule has 3 rings (SSSR count). The topological polar surface area (TPSA) is 58.7 Å². The minimum absolute atomic E-state index is 0.00855. The van der Waals surface area contributed by atoms with Crippen LogP contribution in [0.2, 0.25) is 0 Å². The Bertz CT molecular complexity index is 721. The van der Waals surface area contributed by atoms with Gasteiger partial charge in [-0.05, 0) is 18.6 Å². The third-order valence-electron chi connectivity index (χ3n) is 4.19. The van der Waals surface area contributed by atoms with E-state index in [1.54, 1.807) is 31.8 Å². The predicted molar refractivity (Wildman–Crippen MR) is 86.2 cm³/mol. The van der Waals surface area contributed by atoms with Crippen LogP contribution in [0.5, 0.6) is 0 Å². The van der Waals surface area contributed by atoms with Gasteiger partial charge in [-0.25, -0.2) is 0 Å². The van der Waals surface area contributed by atoms with Crippen LogP contribution in [0, 0.1) is 0 Å². The zero-order valence-electron chi connectivity index (χ0n) is 13.3. The first-order valence-corrected chi connectivity index (χ1v) is 7.83. The van der Waals surface area contributed by atoms with Gasteiger partial charge in [0.05, 0.1) is 18.1 Å². The molecule has 23 heavy (non-hydrogen) atoms. The Morgan fingerprint density at radius 2 is 2.04 bits per heavy atom. The Morgan fingerprint density at radius 3 is 2.78 bits per heavy atom. The second kappa shape index (κ2) is 6.83. The van der Waals surface area contributed by atoms with E-state index in [0.29, 0.717) is 12.1 Å². The SMILES string of the molecule is Cn1cc(C(=O)N2CCCN(Cc3ccoc3)CC2)ccc1=O. The Morgan fingerprint density at radius 1 is 1.17 bits per heavy atom. The molecule has 1 aliphatic heterocycles. The van der Waals surface area contributed by atoms with E-state index in [1.165, 1.54) is 10.6 Å². The number of pyridine rings is 1. The molecular formula is C17H21N3O3. The van der Waals surface area contributed by atoms with Gasteiger partial charge in [0.1, 0.15) is 0 Å². The number of carbonyl (C=O) groups is 1. The van der Waals surface area contributed by atoms with Crippen LogP contribution in [0.1, 0.15) is 22.3 Å². The largest absolute Gasteiger partial charge is 0.472 e. The molecule has 0 spiro atoms. The van der Waals surface area contributed by atoms with Gasteiger partial charge in [0, 0.05) is 57.6 Å². The Kier molecular flexibility index (Phi) is 4.62. The zero-order valence-corrected chi connectivity index (χ0v) is 13.3. The molecule has 0 unspecified atom stereocenters. The molecule has 0 aliphatic carbocycles. The molecule has 0 N–H and O–H groups in total. The summed E-state index contributed by atoms with van der Waals surface area (Å²) < 4.78 is 6.55. The average molecular weight is 315 g/mol. The lowest BCUT2D eigenvalue weighted by atomic mass is 10.2. The normalized spacial score (nSPS) is 16.3. The molecule has 1 aliphatic rings. The second-order valence-electron chi connectivity index (χ2n) is 5.92. The van der Waals surface area contributed by atoms with Crippen molar-refractivity contribution in [3.63, 3.8) is 0 Å². The molecular weight excluding hydrogens is 294 g/mol. The van der Waals surface area contributed by atoms with Crippen molar-refractivity contribution in [2.45, 2.75) is 13.0 Å². The van der Waals surface area contributed by atoms with Gasteiger partial charge >= 0.3 is 0 Å². The summed E-state index contributed by atoms with van der Waals surface area (Å²) in [6.07, 6.45) is 6.00. The predicted octanol–water partition coefficient (Wildman–Crippen LogP) is 1.33. The molecule has 0 radical (unpaired) electrons. The lowest BCUT2D eigenvalue weighted by molar-refractivity contribution is 0.0760. The van der Waals surface area contributed by atoms with Crippen LogP contribution in [0.25, 0.3) is 0 Å². The fraction of sp³-hybridized carbons (Fsp3) is 0.412. The molecule has 2 aromatic rings. The van der Waals surface area contributed by atoms with Gasteiger partial charge in [0.15, 0.2) is 0 Å². The van der Waals surface area contributed by atoms with Crippen molar-refractivity contribution in [1.82, 2.24) is 14.4 Å². The summed E-state index contributed by atoms with van der Waals surface area (Å²) in [4.78, 5) is 28.3. The number of hydrogen-bond acceptors (Lipinski definition) is 4. The fourth-order valence-electron chi connectivity index (χ4n) is 2.88. The number of amides is 1. The third kappa shape index (κ3) is 3.71. The Hall–Kier alpha value is -2.34. The number of rotatable bonds is 3. The lowest BCUT2D eigenvalue weighted by Crippen LogP contribution is -2.35. The van der Waals surface area contributed by atoms with E-state index in [4.69, 9.17) is 4.42 Å². The highest BCUT2D eigenvalue weighted by Gasteiger charge is 2.20. The first-order chi connectivity index (χ1) is 11.1. The summed E-state index contributed by atoms with van der Waals surface area (Å²) >= 11 is 0. The Balaban J connectivity index is 1.63. The molecule has 3 heterocycles. The number of aromatic nitrogens is 1. The monoisotopic (exact) mass is 315 g/mol. The van der Waals surface area contributed by atoms with E-state index in [2.05, 4.69) is 4.90 Å².